The Kier molecular flexibility index (Phi) is 5.35. The molecule has 1 aromatic carbocycles. The van der Waals surface area contributed by atoms with Gasteiger partial charge >= 0.3 is 5.97 Å². The Morgan fingerprint density at radius 2 is 2.07 bits per heavy atom. The predicted molar refractivity (Wildman–Crippen MR) is 121 cm³/mol. The van der Waals surface area contributed by atoms with E-state index in [9.17, 15) is 4.79 Å². The lowest BCUT2D eigenvalue weighted by Crippen LogP contribution is -2.50. The van der Waals surface area contributed by atoms with E-state index in [0.29, 0.717) is 11.8 Å². The van der Waals surface area contributed by atoms with Crippen LogP contribution < -0.4 is 4.90 Å². The quantitative estimate of drug-likeness (QED) is 0.512. The van der Waals surface area contributed by atoms with Crippen LogP contribution in [0, 0.1) is 23.2 Å². The summed E-state index contributed by atoms with van der Waals surface area (Å²) in [6.45, 7) is 11.5. The highest BCUT2D eigenvalue weighted by Crippen LogP contribution is 2.56. The summed E-state index contributed by atoms with van der Waals surface area (Å²) in [6, 6.07) is 8.08. The molecule has 4 fully saturated rings. The normalized spacial score (nSPS) is 36.9. The highest BCUT2D eigenvalue weighted by atomic mass is 35.5. The molecule has 2 aliphatic carbocycles. The van der Waals surface area contributed by atoms with Gasteiger partial charge in [0.15, 0.2) is 0 Å². The summed E-state index contributed by atoms with van der Waals surface area (Å²) in [5.74, 6) is 0.975. The zero-order valence-electron chi connectivity index (χ0n) is 18.0. The number of fused-ring (bicyclic) bond motifs is 2. The minimum absolute atomic E-state index is 0.0204. The van der Waals surface area contributed by atoms with Crippen molar-refractivity contribution in [2.45, 2.75) is 45.1 Å². The van der Waals surface area contributed by atoms with E-state index in [1.54, 1.807) is 0 Å². The highest BCUT2D eigenvalue weighted by molar-refractivity contribution is 6.30. The van der Waals surface area contributed by atoms with E-state index < -0.39 is 0 Å². The van der Waals surface area contributed by atoms with Crippen molar-refractivity contribution in [3.63, 3.8) is 0 Å². The molecule has 5 atom stereocenters. The second kappa shape index (κ2) is 7.87. The van der Waals surface area contributed by atoms with E-state index in [0.717, 1.165) is 57.0 Å². The molecule has 2 saturated heterocycles. The Labute approximate surface area is 185 Å². The number of esters is 1. The van der Waals surface area contributed by atoms with Crippen LogP contribution in [0.2, 0.25) is 5.02 Å². The van der Waals surface area contributed by atoms with Crippen LogP contribution in [0.15, 0.2) is 36.4 Å². The molecule has 2 heterocycles. The molecule has 0 radical (unpaired) electrons. The number of carbonyl (C=O) groups excluding carboxylic acids is 1. The van der Waals surface area contributed by atoms with Gasteiger partial charge in [-0.3, -0.25) is 9.69 Å². The zero-order valence-corrected chi connectivity index (χ0v) is 18.7. The first-order valence-corrected chi connectivity index (χ1v) is 11.9. The number of ether oxygens (including phenoxy) is 1. The summed E-state index contributed by atoms with van der Waals surface area (Å²) >= 11 is 6.16. The van der Waals surface area contributed by atoms with Gasteiger partial charge in [-0.05, 0) is 61.6 Å². The van der Waals surface area contributed by atoms with Gasteiger partial charge in [0, 0.05) is 49.4 Å². The third kappa shape index (κ3) is 3.67. The summed E-state index contributed by atoms with van der Waals surface area (Å²) < 4.78 is 5.95. The molecule has 1 aromatic rings. The Hall–Kier alpha value is -1.52. The van der Waals surface area contributed by atoms with Gasteiger partial charge in [0.2, 0.25) is 0 Å². The number of halogens is 1. The second-order valence-corrected chi connectivity index (χ2v) is 10.6. The number of anilines is 1. The first kappa shape index (κ1) is 20.4. The number of nitrogens with zero attached hydrogens (tertiary/aromatic N) is 2. The van der Waals surface area contributed by atoms with Gasteiger partial charge in [-0.15, -0.1) is 0 Å². The predicted octanol–water partition coefficient (Wildman–Crippen LogP) is 4.78. The van der Waals surface area contributed by atoms with Gasteiger partial charge in [-0.25, -0.2) is 0 Å². The fraction of sp³-hybridized carbons (Fsp3) is 0.640. The first-order chi connectivity index (χ1) is 14.4. The van der Waals surface area contributed by atoms with Crippen LogP contribution in [0.3, 0.4) is 0 Å². The first-order valence-electron chi connectivity index (χ1n) is 11.5. The number of hydrogen-bond donors (Lipinski definition) is 0. The summed E-state index contributed by atoms with van der Waals surface area (Å²) in [4.78, 5) is 17.7. The van der Waals surface area contributed by atoms with E-state index in [2.05, 4.69) is 29.4 Å². The van der Waals surface area contributed by atoms with Crippen molar-refractivity contribution >= 4 is 23.3 Å². The molecule has 162 valence electrons. The largest absolute Gasteiger partial charge is 0.462 e. The molecule has 5 rings (SSSR count). The van der Waals surface area contributed by atoms with Crippen LogP contribution in [0.1, 0.15) is 39.0 Å². The minimum Gasteiger partial charge on any atom is -0.462 e. The SMILES string of the molecule is C=C1CCC[C@]2(C)C[C@H]3OC(=O)C(CN4CCN(c5cccc(Cl)c5)CC4)[C@H]3CC12. The van der Waals surface area contributed by atoms with E-state index >= 15 is 0 Å². The van der Waals surface area contributed by atoms with Crippen LogP contribution in [-0.4, -0.2) is 49.7 Å². The van der Waals surface area contributed by atoms with Gasteiger partial charge < -0.3 is 9.64 Å². The lowest BCUT2D eigenvalue weighted by Gasteiger charge is -2.50. The van der Waals surface area contributed by atoms with Crippen LogP contribution in [0.4, 0.5) is 5.69 Å². The minimum atomic E-state index is 0.0204. The van der Waals surface area contributed by atoms with Crippen LogP contribution >= 0.6 is 11.6 Å². The molecule has 0 spiro atoms. The van der Waals surface area contributed by atoms with Gasteiger partial charge in [0.25, 0.3) is 0 Å². The Bertz CT molecular complexity index is 834. The molecule has 2 aliphatic heterocycles. The standard InChI is InChI=1S/C25H33ClN2O2/c1-17-5-4-8-25(2)15-23-20(14-22(17)25)21(24(29)30-23)16-27-9-11-28(12-10-27)19-7-3-6-18(26)13-19/h3,6-7,13,20-23H,1,4-5,8-12,14-16H2,2H3/t20-,21?,22?,23-,25-/m1/s1. The van der Waals surface area contributed by atoms with Gasteiger partial charge in [-0.1, -0.05) is 36.7 Å². The Balaban J connectivity index is 1.23. The smallest absolute Gasteiger partial charge is 0.310 e. The van der Waals surface area contributed by atoms with E-state index in [1.165, 1.54) is 24.1 Å². The molecule has 0 bridgehead atoms. The summed E-state index contributed by atoms with van der Waals surface area (Å²) in [7, 11) is 0. The van der Waals surface area contributed by atoms with Gasteiger partial charge in [0.1, 0.15) is 6.10 Å². The lowest BCUT2D eigenvalue weighted by atomic mass is 9.55. The van der Waals surface area contributed by atoms with E-state index in [1.807, 2.05) is 18.2 Å². The van der Waals surface area contributed by atoms with Crippen molar-refractivity contribution in [2.75, 3.05) is 37.6 Å². The average Bonchev–Trinajstić information content (AvgIpc) is 3.01. The molecule has 2 saturated carbocycles. The molecular weight excluding hydrogens is 396 g/mol. The number of rotatable bonds is 3. The maximum absolute atomic E-state index is 12.8. The van der Waals surface area contributed by atoms with Gasteiger partial charge in [0.05, 0.1) is 5.92 Å². The summed E-state index contributed by atoms with van der Waals surface area (Å²) in [6.07, 6.45) is 5.85. The van der Waals surface area contributed by atoms with Crippen molar-refractivity contribution in [1.29, 1.82) is 0 Å². The molecule has 30 heavy (non-hydrogen) atoms. The molecule has 0 amide bonds. The zero-order chi connectivity index (χ0) is 20.9. The van der Waals surface area contributed by atoms with Crippen molar-refractivity contribution < 1.29 is 9.53 Å². The van der Waals surface area contributed by atoms with Crippen LogP contribution in [0.5, 0.6) is 0 Å². The third-order valence-corrected chi connectivity index (χ3v) is 8.56. The molecule has 0 aromatic heterocycles. The number of benzene rings is 1. The Morgan fingerprint density at radius 3 is 2.83 bits per heavy atom. The number of allylic oxidation sites excluding steroid dienone is 1. The third-order valence-electron chi connectivity index (χ3n) is 8.32. The fourth-order valence-corrected chi connectivity index (χ4v) is 6.79. The fourth-order valence-electron chi connectivity index (χ4n) is 6.60. The number of hydrogen-bond acceptors (Lipinski definition) is 4. The average molecular weight is 429 g/mol. The summed E-state index contributed by atoms with van der Waals surface area (Å²) in [5.41, 5.74) is 2.87. The van der Waals surface area contributed by atoms with Gasteiger partial charge in [-0.2, -0.15) is 0 Å². The number of carbonyl (C=O) groups is 1. The number of piperazine rings is 1. The van der Waals surface area contributed by atoms with Crippen LogP contribution in [-0.2, 0) is 9.53 Å². The van der Waals surface area contributed by atoms with Crippen molar-refractivity contribution in [2.24, 2.45) is 23.2 Å². The molecule has 2 unspecified atom stereocenters. The molecule has 4 nitrogen and oxygen atoms in total. The maximum Gasteiger partial charge on any atom is 0.310 e. The van der Waals surface area contributed by atoms with E-state index in [-0.39, 0.29) is 23.4 Å². The monoisotopic (exact) mass is 428 g/mol. The lowest BCUT2D eigenvalue weighted by molar-refractivity contribution is -0.146. The molecule has 4 aliphatic rings. The van der Waals surface area contributed by atoms with E-state index in [4.69, 9.17) is 16.3 Å². The highest BCUT2D eigenvalue weighted by Gasteiger charge is 2.55. The Morgan fingerprint density at radius 1 is 1.27 bits per heavy atom. The van der Waals surface area contributed by atoms with Crippen molar-refractivity contribution in [1.82, 2.24) is 4.90 Å². The molecule has 5 heteroatoms. The topological polar surface area (TPSA) is 32.8 Å². The molecule has 0 N–H and O–H groups in total. The van der Waals surface area contributed by atoms with Crippen LogP contribution in [0.25, 0.3) is 0 Å². The molecular formula is C25H33ClN2O2. The summed E-state index contributed by atoms with van der Waals surface area (Å²) in [5, 5.41) is 0.781. The second-order valence-electron chi connectivity index (χ2n) is 10.2. The van der Waals surface area contributed by atoms with Crippen molar-refractivity contribution in [3.8, 4) is 0 Å². The van der Waals surface area contributed by atoms with Crippen molar-refractivity contribution in [3.05, 3.63) is 41.4 Å². The maximum atomic E-state index is 12.8.